The molecule has 1 heterocycles. The van der Waals surface area contributed by atoms with Crippen molar-refractivity contribution in [3.05, 3.63) is 29.7 Å². The van der Waals surface area contributed by atoms with Gasteiger partial charge in [-0.3, -0.25) is 4.84 Å². The van der Waals surface area contributed by atoms with E-state index in [1.165, 1.54) is 0 Å². The van der Waals surface area contributed by atoms with Crippen LogP contribution in [0.15, 0.2) is 22.6 Å². The molecule has 4 heteroatoms. The molecule has 1 aromatic heterocycles. The number of fused-ring (bicyclic) bond motifs is 1. The van der Waals surface area contributed by atoms with Gasteiger partial charge < -0.3 is 4.42 Å². The second kappa shape index (κ2) is 3.16. The first-order valence-electron chi connectivity index (χ1n) is 3.98. The van der Waals surface area contributed by atoms with E-state index in [9.17, 15) is 0 Å². The summed E-state index contributed by atoms with van der Waals surface area (Å²) in [7, 11) is 0. The molecule has 0 saturated carbocycles. The molecule has 0 unspecified atom stereocenters. The molecule has 0 saturated heterocycles. The highest BCUT2D eigenvalue weighted by molar-refractivity contribution is 5.76. The van der Waals surface area contributed by atoms with Crippen LogP contribution in [0, 0.1) is 6.92 Å². The zero-order valence-electron chi connectivity index (χ0n) is 7.28. The van der Waals surface area contributed by atoms with E-state index in [-0.39, 0.29) is 0 Å². The predicted octanol–water partition coefficient (Wildman–Crippen LogP) is 1.53. The van der Waals surface area contributed by atoms with Gasteiger partial charge in [0.05, 0.1) is 6.61 Å². The lowest BCUT2D eigenvalue weighted by molar-refractivity contribution is 0.124. The van der Waals surface area contributed by atoms with Crippen LogP contribution in [-0.2, 0) is 11.4 Å². The third-order valence-corrected chi connectivity index (χ3v) is 1.84. The number of nitrogens with zero attached hydrogens (tertiary/aromatic N) is 1. The molecule has 2 N–H and O–H groups in total. The number of oxazole rings is 1. The molecule has 68 valence electrons. The Hall–Kier alpha value is -1.39. The SMILES string of the molecule is Cc1nc2cccc(CON)c2o1. The molecule has 0 amide bonds. The maximum atomic E-state index is 5.40. The predicted molar refractivity (Wildman–Crippen MR) is 47.7 cm³/mol. The molecule has 0 aliphatic heterocycles. The molecule has 2 rings (SSSR count). The molecule has 1 aromatic carbocycles. The lowest BCUT2D eigenvalue weighted by Crippen LogP contribution is -1.98. The fraction of sp³-hybridized carbons (Fsp3) is 0.222. The molecule has 0 radical (unpaired) electrons. The Kier molecular flexibility index (Phi) is 2.00. The number of para-hydroxylation sites is 1. The quantitative estimate of drug-likeness (QED) is 0.708. The van der Waals surface area contributed by atoms with Crippen molar-refractivity contribution in [2.24, 2.45) is 5.90 Å². The number of hydrogen-bond acceptors (Lipinski definition) is 4. The average molecular weight is 178 g/mol. The van der Waals surface area contributed by atoms with Crippen LogP contribution in [0.5, 0.6) is 0 Å². The Morgan fingerprint density at radius 1 is 1.54 bits per heavy atom. The fourth-order valence-electron chi connectivity index (χ4n) is 1.32. The van der Waals surface area contributed by atoms with Gasteiger partial charge in [-0.1, -0.05) is 12.1 Å². The van der Waals surface area contributed by atoms with E-state index in [1.807, 2.05) is 25.1 Å². The first kappa shape index (κ1) is 8.22. The third kappa shape index (κ3) is 1.41. The summed E-state index contributed by atoms with van der Waals surface area (Å²) < 4.78 is 5.40. The minimum absolute atomic E-state index is 0.339. The summed E-state index contributed by atoms with van der Waals surface area (Å²) >= 11 is 0. The van der Waals surface area contributed by atoms with Gasteiger partial charge >= 0.3 is 0 Å². The summed E-state index contributed by atoms with van der Waals surface area (Å²) in [4.78, 5) is 8.75. The molecule has 2 aromatic rings. The topological polar surface area (TPSA) is 61.3 Å². The van der Waals surface area contributed by atoms with Crippen LogP contribution in [0.2, 0.25) is 0 Å². The van der Waals surface area contributed by atoms with Crippen LogP contribution in [0.1, 0.15) is 11.5 Å². The van der Waals surface area contributed by atoms with E-state index in [2.05, 4.69) is 9.82 Å². The summed E-state index contributed by atoms with van der Waals surface area (Å²) in [5, 5.41) is 0. The fourth-order valence-corrected chi connectivity index (χ4v) is 1.32. The highest BCUT2D eigenvalue weighted by Gasteiger charge is 2.06. The largest absolute Gasteiger partial charge is 0.441 e. The summed E-state index contributed by atoms with van der Waals surface area (Å²) in [5.41, 5.74) is 2.51. The summed E-state index contributed by atoms with van der Waals surface area (Å²) in [5.74, 6) is 5.65. The van der Waals surface area contributed by atoms with Crippen molar-refractivity contribution in [1.82, 2.24) is 4.98 Å². The van der Waals surface area contributed by atoms with Gasteiger partial charge in [0.25, 0.3) is 0 Å². The molecule has 0 aliphatic rings. The van der Waals surface area contributed by atoms with Gasteiger partial charge in [0.1, 0.15) is 5.52 Å². The highest BCUT2D eigenvalue weighted by atomic mass is 16.6. The van der Waals surface area contributed by atoms with Crippen LogP contribution in [-0.4, -0.2) is 4.98 Å². The molecule has 0 aliphatic carbocycles. The minimum Gasteiger partial charge on any atom is -0.441 e. The Labute approximate surface area is 75.3 Å². The lowest BCUT2D eigenvalue weighted by Gasteiger charge is -1.97. The van der Waals surface area contributed by atoms with Crippen molar-refractivity contribution in [3.63, 3.8) is 0 Å². The Balaban J connectivity index is 2.60. The molecule has 0 bridgehead atoms. The van der Waals surface area contributed by atoms with Gasteiger partial charge in [-0.15, -0.1) is 0 Å². The molecular weight excluding hydrogens is 168 g/mol. The Morgan fingerprint density at radius 3 is 3.15 bits per heavy atom. The first-order valence-corrected chi connectivity index (χ1v) is 3.98. The number of aromatic nitrogens is 1. The van der Waals surface area contributed by atoms with Crippen LogP contribution < -0.4 is 5.90 Å². The molecular formula is C9H10N2O2. The standard InChI is InChI=1S/C9H10N2O2/c1-6-11-8-4-2-3-7(5-12-10)9(8)13-6/h2-4H,5,10H2,1H3. The van der Waals surface area contributed by atoms with Gasteiger partial charge in [-0.25, -0.2) is 10.9 Å². The van der Waals surface area contributed by atoms with Crippen molar-refractivity contribution >= 4 is 11.1 Å². The highest BCUT2D eigenvalue weighted by Crippen LogP contribution is 2.19. The third-order valence-electron chi connectivity index (χ3n) is 1.84. The van der Waals surface area contributed by atoms with Crippen molar-refractivity contribution in [1.29, 1.82) is 0 Å². The number of hydrogen-bond donors (Lipinski definition) is 1. The van der Waals surface area contributed by atoms with Gasteiger partial charge in [-0.2, -0.15) is 0 Å². The summed E-state index contributed by atoms with van der Waals surface area (Å²) in [6.45, 7) is 2.15. The van der Waals surface area contributed by atoms with Crippen molar-refractivity contribution in [2.45, 2.75) is 13.5 Å². The van der Waals surface area contributed by atoms with Crippen LogP contribution >= 0.6 is 0 Å². The van der Waals surface area contributed by atoms with Crippen molar-refractivity contribution in [3.8, 4) is 0 Å². The maximum Gasteiger partial charge on any atom is 0.192 e. The number of rotatable bonds is 2. The second-order valence-electron chi connectivity index (χ2n) is 2.81. The van der Waals surface area contributed by atoms with E-state index in [4.69, 9.17) is 10.3 Å². The van der Waals surface area contributed by atoms with Gasteiger partial charge in [0.2, 0.25) is 0 Å². The van der Waals surface area contributed by atoms with Crippen LogP contribution in [0.3, 0.4) is 0 Å². The first-order chi connectivity index (χ1) is 6.31. The summed E-state index contributed by atoms with van der Waals surface area (Å²) in [6, 6.07) is 5.70. The molecule has 0 fully saturated rings. The number of nitrogens with two attached hydrogens (primary N) is 1. The van der Waals surface area contributed by atoms with E-state index in [1.54, 1.807) is 0 Å². The van der Waals surface area contributed by atoms with E-state index in [0.717, 1.165) is 16.7 Å². The van der Waals surface area contributed by atoms with Crippen molar-refractivity contribution < 1.29 is 9.25 Å². The number of aryl methyl sites for hydroxylation is 1. The average Bonchev–Trinajstić information content (AvgIpc) is 2.47. The van der Waals surface area contributed by atoms with E-state index < -0.39 is 0 Å². The van der Waals surface area contributed by atoms with E-state index >= 15 is 0 Å². The van der Waals surface area contributed by atoms with Crippen molar-refractivity contribution in [2.75, 3.05) is 0 Å². The van der Waals surface area contributed by atoms with Gasteiger partial charge in [0.15, 0.2) is 11.5 Å². The monoisotopic (exact) mass is 178 g/mol. The van der Waals surface area contributed by atoms with Gasteiger partial charge in [0, 0.05) is 12.5 Å². The van der Waals surface area contributed by atoms with Crippen LogP contribution in [0.4, 0.5) is 0 Å². The Morgan fingerprint density at radius 2 is 2.38 bits per heavy atom. The molecule has 0 spiro atoms. The zero-order chi connectivity index (χ0) is 9.26. The molecule has 0 atom stereocenters. The van der Waals surface area contributed by atoms with Gasteiger partial charge in [-0.05, 0) is 6.07 Å². The van der Waals surface area contributed by atoms with E-state index in [0.29, 0.717) is 12.5 Å². The molecule has 4 nitrogen and oxygen atoms in total. The number of benzene rings is 1. The van der Waals surface area contributed by atoms with Crippen LogP contribution in [0.25, 0.3) is 11.1 Å². The zero-order valence-corrected chi connectivity index (χ0v) is 7.28. The lowest BCUT2D eigenvalue weighted by atomic mass is 10.2. The maximum absolute atomic E-state index is 5.40. The minimum atomic E-state index is 0.339. The normalized spacial score (nSPS) is 10.9. The smallest absolute Gasteiger partial charge is 0.192 e. The summed E-state index contributed by atoms with van der Waals surface area (Å²) in [6.07, 6.45) is 0. The Bertz CT molecular complexity index is 422. The second-order valence-corrected chi connectivity index (χ2v) is 2.81. The molecule has 13 heavy (non-hydrogen) atoms.